The fourth-order valence-corrected chi connectivity index (χ4v) is 2.17. The molecule has 1 aliphatic heterocycles. The zero-order chi connectivity index (χ0) is 13.3. The van der Waals surface area contributed by atoms with Gasteiger partial charge in [-0.15, -0.1) is 0 Å². The molecule has 1 saturated heterocycles. The maximum Gasteiger partial charge on any atom is 0.303 e. The molecule has 18 heavy (non-hydrogen) atoms. The van der Waals surface area contributed by atoms with Crippen LogP contribution in [0.4, 0.5) is 0 Å². The molecule has 4 heteroatoms. The molecular weight excluding hydrogens is 230 g/mol. The topological polar surface area (TPSA) is 57.6 Å². The van der Waals surface area contributed by atoms with E-state index in [4.69, 9.17) is 5.11 Å². The van der Waals surface area contributed by atoms with Gasteiger partial charge < -0.3 is 10.0 Å². The minimum absolute atomic E-state index is 0.000242. The zero-order valence-electron chi connectivity index (χ0n) is 10.6. The number of carboxylic acids is 1. The van der Waals surface area contributed by atoms with E-state index in [9.17, 15) is 9.59 Å². The molecule has 1 aromatic carbocycles. The lowest BCUT2D eigenvalue weighted by Crippen LogP contribution is -2.50. The van der Waals surface area contributed by atoms with E-state index in [-0.39, 0.29) is 18.2 Å². The van der Waals surface area contributed by atoms with Crippen LogP contribution >= 0.6 is 0 Å². The second-order valence-electron chi connectivity index (χ2n) is 4.97. The first-order valence-electron chi connectivity index (χ1n) is 6.05. The quantitative estimate of drug-likeness (QED) is 0.886. The SMILES string of the molecule is Cc1ccc(C(=O)N2CC(CC(=O)O)C2)cc1C. The highest BCUT2D eigenvalue weighted by Gasteiger charge is 2.32. The van der Waals surface area contributed by atoms with E-state index >= 15 is 0 Å². The van der Waals surface area contributed by atoms with Gasteiger partial charge in [0.2, 0.25) is 0 Å². The van der Waals surface area contributed by atoms with Crippen molar-refractivity contribution in [2.75, 3.05) is 13.1 Å². The molecule has 0 aromatic heterocycles. The van der Waals surface area contributed by atoms with Gasteiger partial charge in [-0.3, -0.25) is 9.59 Å². The summed E-state index contributed by atoms with van der Waals surface area (Å²) in [5, 5.41) is 8.65. The number of carbonyl (C=O) groups is 2. The van der Waals surface area contributed by atoms with Crippen molar-refractivity contribution >= 4 is 11.9 Å². The number of amides is 1. The average molecular weight is 247 g/mol. The van der Waals surface area contributed by atoms with Gasteiger partial charge >= 0.3 is 5.97 Å². The van der Waals surface area contributed by atoms with E-state index in [1.807, 2.05) is 32.0 Å². The molecule has 1 aliphatic rings. The lowest BCUT2D eigenvalue weighted by atomic mass is 9.95. The molecule has 0 radical (unpaired) electrons. The summed E-state index contributed by atoms with van der Waals surface area (Å²) in [4.78, 5) is 24.3. The van der Waals surface area contributed by atoms with E-state index in [0.29, 0.717) is 18.7 Å². The molecule has 0 bridgehead atoms. The lowest BCUT2D eigenvalue weighted by molar-refractivity contribution is -0.139. The Morgan fingerprint density at radius 2 is 1.94 bits per heavy atom. The third-order valence-corrected chi connectivity index (χ3v) is 3.46. The predicted octanol–water partition coefficient (Wildman–Crippen LogP) is 1.85. The van der Waals surface area contributed by atoms with Gasteiger partial charge in [-0.05, 0) is 37.1 Å². The Bertz CT molecular complexity index is 490. The zero-order valence-corrected chi connectivity index (χ0v) is 10.6. The Morgan fingerprint density at radius 3 is 2.50 bits per heavy atom. The molecule has 1 heterocycles. The van der Waals surface area contributed by atoms with Crippen LogP contribution in [-0.4, -0.2) is 35.0 Å². The number of aliphatic carboxylic acids is 1. The van der Waals surface area contributed by atoms with E-state index in [0.717, 1.165) is 5.56 Å². The molecule has 0 unspecified atom stereocenters. The van der Waals surface area contributed by atoms with Crippen LogP contribution in [0, 0.1) is 19.8 Å². The fourth-order valence-electron chi connectivity index (χ4n) is 2.17. The Hall–Kier alpha value is -1.84. The highest BCUT2D eigenvalue weighted by molar-refractivity contribution is 5.95. The summed E-state index contributed by atoms with van der Waals surface area (Å²) in [7, 11) is 0. The van der Waals surface area contributed by atoms with Crippen LogP contribution < -0.4 is 0 Å². The van der Waals surface area contributed by atoms with Gasteiger partial charge in [0.05, 0.1) is 6.42 Å². The Kier molecular flexibility index (Phi) is 3.36. The monoisotopic (exact) mass is 247 g/mol. The van der Waals surface area contributed by atoms with Gasteiger partial charge in [0.25, 0.3) is 5.91 Å². The van der Waals surface area contributed by atoms with Crippen molar-refractivity contribution in [1.82, 2.24) is 4.90 Å². The van der Waals surface area contributed by atoms with Gasteiger partial charge in [0.15, 0.2) is 0 Å². The van der Waals surface area contributed by atoms with Gasteiger partial charge in [-0.25, -0.2) is 0 Å². The normalized spacial score (nSPS) is 15.3. The van der Waals surface area contributed by atoms with Crippen molar-refractivity contribution in [2.45, 2.75) is 20.3 Å². The summed E-state index contributed by atoms with van der Waals surface area (Å²) in [5.41, 5.74) is 2.95. The standard InChI is InChI=1S/C14H17NO3/c1-9-3-4-12(5-10(9)2)14(18)15-7-11(8-15)6-13(16)17/h3-5,11H,6-8H2,1-2H3,(H,16,17). The summed E-state index contributed by atoms with van der Waals surface area (Å²) < 4.78 is 0. The van der Waals surface area contributed by atoms with Gasteiger partial charge in [-0.1, -0.05) is 6.07 Å². The third kappa shape index (κ3) is 2.53. The highest BCUT2D eigenvalue weighted by atomic mass is 16.4. The number of hydrogen-bond donors (Lipinski definition) is 1. The van der Waals surface area contributed by atoms with Crippen molar-refractivity contribution < 1.29 is 14.7 Å². The van der Waals surface area contributed by atoms with Gasteiger partial charge in [0.1, 0.15) is 0 Å². The average Bonchev–Trinajstić information content (AvgIpc) is 2.25. The molecule has 0 spiro atoms. The third-order valence-electron chi connectivity index (χ3n) is 3.46. The number of benzene rings is 1. The van der Waals surface area contributed by atoms with Crippen LogP contribution in [0.5, 0.6) is 0 Å². The molecule has 1 aromatic rings. The van der Waals surface area contributed by atoms with Crippen molar-refractivity contribution in [3.63, 3.8) is 0 Å². The van der Waals surface area contributed by atoms with E-state index in [2.05, 4.69) is 0 Å². The lowest BCUT2D eigenvalue weighted by Gasteiger charge is -2.38. The molecule has 0 saturated carbocycles. The van der Waals surface area contributed by atoms with Gasteiger partial charge in [0, 0.05) is 24.6 Å². The number of carbonyl (C=O) groups excluding carboxylic acids is 1. The van der Waals surface area contributed by atoms with E-state index in [1.165, 1.54) is 5.56 Å². The summed E-state index contributed by atoms with van der Waals surface area (Å²) in [5.74, 6) is -0.684. The first kappa shape index (κ1) is 12.6. The van der Waals surface area contributed by atoms with Crippen LogP contribution in [0.3, 0.4) is 0 Å². The highest BCUT2D eigenvalue weighted by Crippen LogP contribution is 2.22. The molecule has 1 fully saturated rings. The summed E-state index contributed by atoms with van der Waals surface area (Å²) >= 11 is 0. The van der Waals surface area contributed by atoms with Crippen molar-refractivity contribution in [3.8, 4) is 0 Å². The molecular formula is C14H17NO3. The summed E-state index contributed by atoms with van der Waals surface area (Å²) in [6, 6.07) is 5.66. The number of nitrogens with zero attached hydrogens (tertiary/aromatic N) is 1. The summed E-state index contributed by atoms with van der Waals surface area (Å²) in [6.07, 6.45) is 0.150. The van der Waals surface area contributed by atoms with E-state index in [1.54, 1.807) is 4.90 Å². The van der Waals surface area contributed by atoms with Crippen LogP contribution in [0.2, 0.25) is 0 Å². The van der Waals surface area contributed by atoms with Crippen molar-refractivity contribution in [1.29, 1.82) is 0 Å². The maximum absolute atomic E-state index is 12.1. The fraction of sp³-hybridized carbons (Fsp3) is 0.429. The predicted molar refractivity (Wildman–Crippen MR) is 67.6 cm³/mol. The molecule has 1 N–H and O–H groups in total. The number of rotatable bonds is 3. The van der Waals surface area contributed by atoms with Crippen LogP contribution in [0.1, 0.15) is 27.9 Å². The maximum atomic E-state index is 12.1. The van der Waals surface area contributed by atoms with Crippen molar-refractivity contribution in [2.24, 2.45) is 5.92 Å². The minimum atomic E-state index is -0.793. The Labute approximate surface area is 106 Å². The molecule has 0 aliphatic carbocycles. The number of aryl methyl sites for hydroxylation is 2. The molecule has 4 nitrogen and oxygen atoms in total. The van der Waals surface area contributed by atoms with Crippen LogP contribution in [0.15, 0.2) is 18.2 Å². The van der Waals surface area contributed by atoms with E-state index < -0.39 is 5.97 Å². The van der Waals surface area contributed by atoms with Gasteiger partial charge in [-0.2, -0.15) is 0 Å². The summed E-state index contributed by atoms with van der Waals surface area (Å²) in [6.45, 7) is 5.10. The minimum Gasteiger partial charge on any atom is -0.481 e. The second-order valence-corrected chi connectivity index (χ2v) is 4.97. The Balaban J connectivity index is 1.97. The number of hydrogen-bond acceptors (Lipinski definition) is 2. The largest absolute Gasteiger partial charge is 0.481 e. The number of carboxylic acid groups (broad SMARTS) is 1. The first-order chi connectivity index (χ1) is 8.47. The second kappa shape index (κ2) is 4.80. The smallest absolute Gasteiger partial charge is 0.303 e. The van der Waals surface area contributed by atoms with Crippen LogP contribution in [0.25, 0.3) is 0 Å². The molecule has 1 amide bonds. The first-order valence-corrected chi connectivity index (χ1v) is 6.05. The molecule has 2 rings (SSSR count). The van der Waals surface area contributed by atoms with Crippen molar-refractivity contribution in [3.05, 3.63) is 34.9 Å². The molecule has 0 atom stereocenters. The molecule has 96 valence electrons. The number of likely N-dealkylation sites (tertiary alicyclic amines) is 1. The van der Waals surface area contributed by atoms with Crippen LogP contribution in [-0.2, 0) is 4.79 Å². The Morgan fingerprint density at radius 1 is 1.28 bits per heavy atom.